The number of halogens is 2. The lowest BCUT2D eigenvalue weighted by molar-refractivity contribution is -0.139. The molecule has 5 aromatic rings. The van der Waals surface area contributed by atoms with Gasteiger partial charge < -0.3 is 18.8 Å². The number of carbonyl (C=O) groups is 1. The van der Waals surface area contributed by atoms with Crippen molar-refractivity contribution in [3.8, 4) is 11.5 Å². The SMILES string of the molecule is CCOC(=O)C1=C(C)N=c2s/c(=C/c3cn(Cc4ccc(Cl)cc4Cl)c4ccccc34)c(=O)n2C1c1ccc(OC)cc1OC. The molecule has 3 aromatic carbocycles. The molecule has 45 heavy (non-hydrogen) atoms. The number of allylic oxidation sites excluding steroid dienone is 1. The molecule has 1 aliphatic heterocycles. The van der Waals surface area contributed by atoms with E-state index in [2.05, 4.69) is 4.57 Å². The maximum absolute atomic E-state index is 14.3. The molecule has 0 fully saturated rings. The van der Waals surface area contributed by atoms with Crippen LogP contribution in [0.1, 0.15) is 36.6 Å². The van der Waals surface area contributed by atoms with E-state index in [1.54, 1.807) is 49.8 Å². The van der Waals surface area contributed by atoms with Crippen molar-refractivity contribution in [3.05, 3.63) is 125 Å². The number of benzene rings is 3. The fourth-order valence-corrected chi connectivity index (χ4v) is 7.13. The summed E-state index contributed by atoms with van der Waals surface area (Å²) in [6.07, 6.45) is 3.88. The van der Waals surface area contributed by atoms with Gasteiger partial charge in [-0.15, -0.1) is 0 Å². The van der Waals surface area contributed by atoms with Crippen molar-refractivity contribution in [2.45, 2.75) is 26.4 Å². The van der Waals surface area contributed by atoms with Crippen LogP contribution in [0.4, 0.5) is 0 Å². The number of esters is 1. The van der Waals surface area contributed by atoms with Gasteiger partial charge in [-0.3, -0.25) is 9.36 Å². The molecule has 3 heterocycles. The summed E-state index contributed by atoms with van der Waals surface area (Å²) < 4.78 is 20.7. The molecular formula is C34H29Cl2N3O5S. The van der Waals surface area contributed by atoms with Gasteiger partial charge in [0.2, 0.25) is 0 Å². The average molecular weight is 663 g/mol. The van der Waals surface area contributed by atoms with Crippen molar-refractivity contribution in [1.29, 1.82) is 0 Å². The Balaban J connectivity index is 1.53. The van der Waals surface area contributed by atoms with Crippen LogP contribution in [0.3, 0.4) is 0 Å². The number of thiazole rings is 1. The summed E-state index contributed by atoms with van der Waals surface area (Å²) in [6, 6.07) is 17.9. The van der Waals surface area contributed by atoms with E-state index in [1.165, 1.54) is 18.4 Å². The second-order valence-corrected chi connectivity index (χ2v) is 12.2. The van der Waals surface area contributed by atoms with Crippen molar-refractivity contribution in [1.82, 2.24) is 9.13 Å². The predicted octanol–water partition coefficient (Wildman–Crippen LogP) is 6.13. The first-order valence-electron chi connectivity index (χ1n) is 14.2. The maximum atomic E-state index is 14.3. The molecule has 2 aromatic heterocycles. The van der Waals surface area contributed by atoms with Gasteiger partial charge in [-0.25, -0.2) is 9.79 Å². The van der Waals surface area contributed by atoms with E-state index in [1.807, 2.05) is 48.7 Å². The first kappa shape index (κ1) is 30.7. The highest BCUT2D eigenvalue weighted by atomic mass is 35.5. The summed E-state index contributed by atoms with van der Waals surface area (Å²) in [5.41, 5.74) is 3.84. The molecule has 0 spiro atoms. The van der Waals surface area contributed by atoms with Crippen LogP contribution in [-0.4, -0.2) is 35.9 Å². The van der Waals surface area contributed by atoms with Crippen LogP contribution < -0.4 is 24.4 Å². The lowest BCUT2D eigenvalue weighted by Gasteiger charge is -2.26. The van der Waals surface area contributed by atoms with E-state index >= 15 is 0 Å². The number of para-hydroxylation sites is 1. The standard InChI is InChI=1S/C34H29Cl2N3O5S/c1-5-44-33(41)30-19(2)37-34-39(31(30)25-13-12-23(42-3)16-28(25)43-4)32(40)29(45-34)14-21-18-38(27-9-7-6-8-24(21)27)17-20-10-11-22(35)15-26(20)36/h6-16,18,31H,5,17H2,1-4H3/b29-14+. The molecule has 0 saturated carbocycles. The van der Waals surface area contributed by atoms with Gasteiger partial charge in [0.25, 0.3) is 5.56 Å². The van der Waals surface area contributed by atoms with Gasteiger partial charge in [0, 0.05) is 50.9 Å². The first-order valence-corrected chi connectivity index (χ1v) is 15.7. The Hall–Kier alpha value is -4.31. The van der Waals surface area contributed by atoms with Gasteiger partial charge in [-0.2, -0.15) is 0 Å². The van der Waals surface area contributed by atoms with E-state index in [4.69, 9.17) is 42.4 Å². The van der Waals surface area contributed by atoms with Crippen molar-refractivity contribution in [3.63, 3.8) is 0 Å². The van der Waals surface area contributed by atoms with Crippen molar-refractivity contribution in [2.75, 3.05) is 20.8 Å². The minimum absolute atomic E-state index is 0.178. The quantitative estimate of drug-likeness (QED) is 0.187. The Morgan fingerprint density at radius 2 is 1.87 bits per heavy atom. The lowest BCUT2D eigenvalue weighted by Crippen LogP contribution is -2.40. The molecule has 1 atom stereocenters. The van der Waals surface area contributed by atoms with Gasteiger partial charge >= 0.3 is 5.97 Å². The van der Waals surface area contributed by atoms with Crippen LogP contribution in [0.25, 0.3) is 17.0 Å². The summed E-state index contributed by atoms with van der Waals surface area (Å²) in [6.45, 7) is 4.19. The zero-order valence-corrected chi connectivity index (χ0v) is 27.3. The van der Waals surface area contributed by atoms with Gasteiger partial charge in [-0.05, 0) is 55.8 Å². The highest BCUT2D eigenvalue weighted by molar-refractivity contribution is 7.07. The van der Waals surface area contributed by atoms with Crippen LogP contribution in [-0.2, 0) is 16.1 Å². The van der Waals surface area contributed by atoms with Crippen LogP contribution in [0, 0.1) is 0 Å². The van der Waals surface area contributed by atoms with Crippen LogP contribution in [0.2, 0.25) is 10.0 Å². The summed E-state index contributed by atoms with van der Waals surface area (Å²) in [4.78, 5) is 32.8. The molecule has 11 heteroatoms. The predicted molar refractivity (Wildman–Crippen MR) is 177 cm³/mol. The normalized spacial score (nSPS) is 14.8. The van der Waals surface area contributed by atoms with E-state index < -0.39 is 12.0 Å². The number of hydrogen-bond acceptors (Lipinski definition) is 7. The number of carbonyl (C=O) groups excluding carboxylic acids is 1. The van der Waals surface area contributed by atoms with Crippen molar-refractivity contribution >= 4 is 57.5 Å². The Morgan fingerprint density at radius 1 is 1.07 bits per heavy atom. The second-order valence-electron chi connectivity index (χ2n) is 10.4. The minimum Gasteiger partial charge on any atom is -0.497 e. The first-order chi connectivity index (χ1) is 21.7. The third kappa shape index (κ3) is 5.67. The molecule has 1 aliphatic rings. The summed E-state index contributed by atoms with van der Waals surface area (Å²) in [5, 5.41) is 2.13. The summed E-state index contributed by atoms with van der Waals surface area (Å²) in [7, 11) is 3.10. The Labute approximate surface area is 273 Å². The molecule has 0 amide bonds. The highest BCUT2D eigenvalue weighted by Gasteiger charge is 2.35. The number of hydrogen-bond donors (Lipinski definition) is 0. The van der Waals surface area contributed by atoms with Crippen LogP contribution >= 0.6 is 34.5 Å². The molecule has 1 unspecified atom stereocenters. The Bertz CT molecular complexity index is 2180. The van der Waals surface area contributed by atoms with Crippen LogP contribution in [0.5, 0.6) is 11.5 Å². The van der Waals surface area contributed by atoms with E-state index in [-0.39, 0.29) is 17.7 Å². The third-order valence-corrected chi connectivity index (χ3v) is 9.28. The molecule has 230 valence electrons. The zero-order chi connectivity index (χ0) is 31.8. The maximum Gasteiger partial charge on any atom is 0.338 e. The fourth-order valence-electron chi connectivity index (χ4n) is 5.63. The zero-order valence-electron chi connectivity index (χ0n) is 25.0. The molecule has 0 radical (unpaired) electrons. The minimum atomic E-state index is -0.823. The van der Waals surface area contributed by atoms with Crippen molar-refractivity contribution in [2.24, 2.45) is 4.99 Å². The van der Waals surface area contributed by atoms with Crippen molar-refractivity contribution < 1.29 is 19.0 Å². The Morgan fingerprint density at radius 3 is 2.60 bits per heavy atom. The number of nitrogens with zero attached hydrogens (tertiary/aromatic N) is 3. The monoisotopic (exact) mass is 661 g/mol. The third-order valence-electron chi connectivity index (χ3n) is 7.71. The average Bonchev–Trinajstić information content (AvgIpc) is 3.53. The molecule has 8 nitrogen and oxygen atoms in total. The molecule has 0 bridgehead atoms. The van der Waals surface area contributed by atoms with Crippen LogP contribution in [0.15, 0.2) is 87.9 Å². The number of aromatic nitrogens is 2. The number of methoxy groups -OCH3 is 2. The molecular weight excluding hydrogens is 633 g/mol. The fraction of sp³-hybridized carbons (Fsp3) is 0.206. The van der Waals surface area contributed by atoms with E-state index in [9.17, 15) is 9.59 Å². The number of ether oxygens (including phenoxy) is 3. The smallest absolute Gasteiger partial charge is 0.338 e. The van der Waals surface area contributed by atoms with Gasteiger partial charge in [0.1, 0.15) is 17.5 Å². The second kappa shape index (κ2) is 12.6. The molecule has 0 saturated heterocycles. The lowest BCUT2D eigenvalue weighted by atomic mass is 9.95. The largest absolute Gasteiger partial charge is 0.497 e. The van der Waals surface area contributed by atoms with E-state index in [0.717, 1.165) is 22.0 Å². The summed E-state index contributed by atoms with van der Waals surface area (Å²) >= 11 is 13.9. The number of rotatable bonds is 8. The number of fused-ring (bicyclic) bond motifs is 2. The highest BCUT2D eigenvalue weighted by Crippen LogP contribution is 2.37. The molecule has 0 N–H and O–H groups in total. The van der Waals surface area contributed by atoms with Gasteiger partial charge in [0.05, 0.1) is 36.6 Å². The topological polar surface area (TPSA) is 84.1 Å². The summed E-state index contributed by atoms with van der Waals surface area (Å²) in [5.74, 6) is 0.506. The van der Waals surface area contributed by atoms with Gasteiger partial charge in [0.15, 0.2) is 4.80 Å². The molecule has 0 aliphatic carbocycles. The van der Waals surface area contributed by atoms with Gasteiger partial charge in [-0.1, -0.05) is 58.8 Å². The molecule has 6 rings (SSSR count). The Kier molecular flexibility index (Phi) is 8.59. The van der Waals surface area contributed by atoms with E-state index in [0.29, 0.717) is 48.7 Å².